The molecule has 174 valence electrons. The van der Waals surface area contributed by atoms with E-state index in [1.165, 1.54) is 0 Å². The summed E-state index contributed by atoms with van der Waals surface area (Å²) < 4.78 is 10.7. The van der Waals surface area contributed by atoms with Crippen LogP contribution in [0.1, 0.15) is 32.6 Å². The summed E-state index contributed by atoms with van der Waals surface area (Å²) in [6.07, 6.45) is 2.53. The molecule has 2 amide bonds. The minimum Gasteiger partial charge on any atom is -0.493 e. The van der Waals surface area contributed by atoms with E-state index in [4.69, 9.17) is 14.7 Å². The molecule has 0 atom stereocenters. The highest BCUT2D eigenvalue weighted by atomic mass is 16.5. The van der Waals surface area contributed by atoms with Gasteiger partial charge in [0.1, 0.15) is 0 Å². The number of hydrogen-bond donors (Lipinski definition) is 2. The summed E-state index contributed by atoms with van der Waals surface area (Å²) in [7, 11) is 3.15. The Morgan fingerprint density at radius 3 is 2.38 bits per heavy atom. The van der Waals surface area contributed by atoms with Gasteiger partial charge in [0.15, 0.2) is 11.5 Å². The third-order valence-electron chi connectivity index (χ3n) is 5.90. The average Bonchev–Trinajstić information content (AvgIpc) is 2.90. The largest absolute Gasteiger partial charge is 0.493 e. The number of nitrogens with one attached hydrogen (secondary N) is 1. The van der Waals surface area contributed by atoms with Crippen molar-refractivity contribution in [3.05, 3.63) is 94.5 Å². The summed E-state index contributed by atoms with van der Waals surface area (Å²) in [4.78, 5) is 27.4. The van der Waals surface area contributed by atoms with Crippen LogP contribution in [0.25, 0.3) is 11.6 Å². The van der Waals surface area contributed by atoms with Gasteiger partial charge in [-0.15, -0.1) is 0 Å². The van der Waals surface area contributed by atoms with Crippen molar-refractivity contribution in [1.29, 1.82) is 0 Å². The van der Waals surface area contributed by atoms with E-state index in [-0.39, 0.29) is 5.91 Å². The molecular formula is C27H26N2O5. The van der Waals surface area contributed by atoms with E-state index < -0.39 is 5.91 Å². The van der Waals surface area contributed by atoms with Gasteiger partial charge in [-0.05, 0) is 59.0 Å². The maximum absolute atomic E-state index is 13.7. The quantitative estimate of drug-likeness (QED) is 0.253. The summed E-state index contributed by atoms with van der Waals surface area (Å²) in [5.41, 5.74) is 6.15. The van der Waals surface area contributed by atoms with E-state index in [2.05, 4.69) is 0 Å². The van der Waals surface area contributed by atoms with Crippen molar-refractivity contribution in [2.24, 2.45) is 0 Å². The van der Waals surface area contributed by atoms with E-state index in [0.717, 1.165) is 22.3 Å². The van der Waals surface area contributed by atoms with Gasteiger partial charge in [-0.3, -0.25) is 14.8 Å². The Labute approximate surface area is 198 Å². The minimum absolute atomic E-state index is 0.108. The maximum Gasteiger partial charge on any atom is 0.274 e. The number of ether oxygens (including phenoxy) is 2. The van der Waals surface area contributed by atoms with Gasteiger partial charge in [-0.2, -0.15) is 0 Å². The molecule has 7 heteroatoms. The summed E-state index contributed by atoms with van der Waals surface area (Å²) in [5.74, 6) is 0.508. The zero-order chi connectivity index (χ0) is 24.1. The first-order valence-corrected chi connectivity index (χ1v) is 10.9. The fraction of sp³-hybridized carbons (Fsp3) is 0.185. The molecule has 4 rings (SSSR count). The summed E-state index contributed by atoms with van der Waals surface area (Å²) in [6, 6.07) is 20.3. The number of nitrogens with zero attached hydrogens (tertiary/aromatic N) is 1. The van der Waals surface area contributed by atoms with Crippen molar-refractivity contribution in [2.75, 3.05) is 20.8 Å². The van der Waals surface area contributed by atoms with Gasteiger partial charge in [-0.1, -0.05) is 42.5 Å². The molecular weight excluding hydrogens is 432 g/mol. The highest BCUT2D eigenvalue weighted by Crippen LogP contribution is 2.31. The molecule has 0 unspecified atom stereocenters. The van der Waals surface area contributed by atoms with Crippen LogP contribution in [0.5, 0.6) is 11.5 Å². The van der Waals surface area contributed by atoms with Crippen molar-refractivity contribution in [1.82, 2.24) is 10.4 Å². The van der Waals surface area contributed by atoms with Crippen molar-refractivity contribution in [3.8, 4) is 11.5 Å². The van der Waals surface area contributed by atoms with E-state index in [1.807, 2.05) is 60.7 Å². The van der Waals surface area contributed by atoms with Crippen LogP contribution in [0.3, 0.4) is 0 Å². The Hall–Kier alpha value is -4.10. The highest BCUT2D eigenvalue weighted by molar-refractivity contribution is 6.24. The smallest absolute Gasteiger partial charge is 0.274 e. The number of carbonyl (C=O) groups excluding carboxylic acids is 2. The van der Waals surface area contributed by atoms with E-state index in [1.54, 1.807) is 36.7 Å². The zero-order valence-corrected chi connectivity index (χ0v) is 19.1. The van der Waals surface area contributed by atoms with E-state index >= 15 is 0 Å². The van der Waals surface area contributed by atoms with Gasteiger partial charge in [0.05, 0.1) is 14.2 Å². The monoisotopic (exact) mass is 458 g/mol. The third-order valence-corrected chi connectivity index (χ3v) is 5.90. The van der Waals surface area contributed by atoms with Crippen LogP contribution < -0.4 is 15.0 Å². The van der Waals surface area contributed by atoms with Crippen LogP contribution in [0.15, 0.2) is 66.7 Å². The average molecular weight is 459 g/mol. The highest BCUT2D eigenvalue weighted by Gasteiger charge is 2.25. The van der Waals surface area contributed by atoms with Crippen LogP contribution >= 0.6 is 0 Å². The number of fused-ring (bicyclic) bond motifs is 1. The third kappa shape index (κ3) is 4.79. The number of methoxy groups -OCH3 is 2. The second-order valence-electron chi connectivity index (χ2n) is 7.94. The SMILES string of the molecule is COc1ccc(/C=C(/C(=O)N2CCc3ccc(C(=O)NO)cc3C2)c2ccccc2)cc1OC. The molecule has 1 aliphatic rings. The lowest BCUT2D eigenvalue weighted by atomic mass is 9.95. The first-order chi connectivity index (χ1) is 16.5. The minimum atomic E-state index is -0.579. The standard InChI is InChI=1S/C27H26N2O5/c1-33-24-11-8-18(15-25(24)34-2)14-23(20-6-4-3-5-7-20)27(31)29-13-12-19-9-10-21(26(30)28-32)16-22(19)17-29/h3-11,14-16,32H,12-13,17H2,1-2H3,(H,28,30)/b23-14+. The topological polar surface area (TPSA) is 88.1 Å². The molecule has 0 saturated carbocycles. The van der Waals surface area contributed by atoms with Crippen molar-refractivity contribution in [3.63, 3.8) is 0 Å². The molecule has 0 fully saturated rings. The number of carbonyl (C=O) groups is 2. The molecule has 0 bridgehead atoms. The van der Waals surface area contributed by atoms with E-state index in [9.17, 15) is 9.59 Å². The lowest BCUT2D eigenvalue weighted by Crippen LogP contribution is -2.36. The molecule has 1 aliphatic heterocycles. The zero-order valence-electron chi connectivity index (χ0n) is 19.1. The lowest BCUT2D eigenvalue weighted by Gasteiger charge is -2.30. The molecule has 3 aromatic carbocycles. The van der Waals surface area contributed by atoms with Crippen LogP contribution in [-0.2, 0) is 17.8 Å². The molecule has 0 aliphatic carbocycles. The van der Waals surface area contributed by atoms with Gasteiger partial charge in [-0.25, -0.2) is 5.48 Å². The van der Waals surface area contributed by atoms with Crippen LogP contribution in [0, 0.1) is 0 Å². The van der Waals surface area contributed by atoms with Crippen LogP contribution in [-0.4, -0.2) is 42.7 Å². The molecule has 0 spiro atoms. The predicted molar refractivity (Wildman–Crippen MR) is 129 cm³/mol. The fourth-order valence-corrected chi connectivity index (χ4v) is 4.10. The number of benzene rings is 3. The summed E-state index contributed by atoms with van der Waals surface area (Å²) in [6.45, 7) is 0.935. The second kappa shape index (κ2) is 10.2. The molecule has 3 aromatic rings. The Bertz CT molecular complexity index is 1240. The molecule has 0 radical (unpaired) electrons. The van der Waals surface area contributed by atoms with Crippen molar-refractivity contribution < 1.29 is 24.3 Å². The van der Waals surface area contributed by atoms with Gasteiger partial charge in [0.2, 0.25) is 0 Å². The van der Waals surface area contributed by atoms with Gasteiger partial charge in [0, 0.05) is 24.2 Å². The van der Waals surface area contributed by atoms with Crippen LogP contribution in [0.2, 0.25) is 0 Å². The molecule has 0 saturated heterocycles. The molecule has 0 aromatic heterocycles. The number of rotatable bonds is 6. The number of hydroxylamine groups is 1. The Morgan fingerprint density at radius 2 is 1.68 bits per heavy atom. The number of hydrogen-bond acceptors (Lipinski definition) is 5. The molecule has 2 N–H and O–H groups in total. The summed E-state index contributed by atoms with van der Waals surface area (Å²) >= 11 is 0. The first kappa shape index (κ1) is 23.1. The molecule has 7 nitrogen and oxygen atoms in total. The summed E-state index contributed by atoms with van der Waals surface area (Å²) in [5, 5.41) is 8.95. The van der Waals surface area contributed by atoms with Gasteiger partial charge >= 0.3 is 0 Å². The first-order valence-electron chi connectivity index (χ1n) is 10.9. The number of amides is 2. The molecule has 34 heavy (non-hydrogen) atoms. The normalized spacial score (nSPS) is 13.1. The maximum atomic E-state index is 13.7. The Morgan fingerprint density at radius 1 is 0.912 bits per heavy atom. The van der Waals surface area contributed by atoms with Gasteiger partial charge < -0.3 is 14.4 Å². The van der Waals surface area contributed by atoms with Gasteiger partial charge in [0.25, 0.3) is 11.8 Å². The Balaban J connectivity index is 1.69. The van der Waals surface area contributed by atoms with Crippen molar-refractivity contribution >= 4 is 23.5 Å². The van der Waals surface area contributed by atoms with Crippen molar-refractivity contribution in [2.45, 2.75) is 13.0 Å². The predicted octanol–water partition coefficient (Wildman–Crippen LogP) is 3.95. The lowest BCUT2D eigenvalue weighted by molar-refractivity contribution is -0.125. The molecule has 1 heterocycles. The second-order valence-corrected chi connectivity index (χ2v) is 7.94. The van der Waals surface area contributed by atoms with E-state index in [0.29, 0.717) is 42.1 Å². The Kier molecular flexibility index (Phi) is 6.94. The van der Waals surface area contributed by atoms with Crippen LogP contribution in [0.4, 0.5) is 0 Å². The fourth-order valence-electron chi connectivity index (χ4n) is 4.10.